The molecule has 130 valence electrons. The number of halogens is 1. The normalized spacial score (nSPS) is 12.0. The Morgan fingerprint density at radius 2 is 1.83 bits per heavy atom. The molecule has 1 N–H and O–H groups in total. The number of nitrogens with one attached hydrogen (secondary N) is 1. The van der Waals surface area contributed by atoms with Crippen LogP contribution < -0.4 is 14.8 Å². The van der Waals surface area contributed by atoms with Gasteiger partial charge in [0.15, 0.2) is 11.5 Å². The van der Waals surface area contributed by atoms with Crippen molar-refractivity contribution in [2.24, 2.45) is 0 Å². The Morgan fingerprint density at radius 3 is 2.54 bits per heavy atom. The van der Waals surface area contributed by atoms with Crippen LogP contribution in [-0.2, 0) is 13.2 Å². The zero-order valence-corrected chi connectivity index (χ0v) is 15.4. The molecule has 2 aromatic carbocycles. The van der Waals surface area contributed by atoms with Crippen LogP contribution in [0.15, 0.2) is 42.5 Å². The van der Waals surface area contributed by atoms with Crippen LogP contribution in [0, 0.1) is 0 Å². The van der Waals surface area contributed by atoms with Crippen molar-refractivity contribution in [3.05, 3.63) is 58.6 Å². The van der Waals surface area contributed by atoms with E-state index in [1.54, 1.807) is 0 Å². The molecule has 0 fully saturated rings. The molecule has 0 aromatic heterocycles. The first-order chi connectivity index (χ1) is 11.6. The van der Waals surface area contributed by atoms with E-state index in [4.69, 9.17) is 21.1 Å². The predicted octanol–water partition coefficient (Wildman–Crippen LogP) is 5.21. The number of rotatable bonds is 9. The van der Waals surface area contributed by atoms with E-state index in [0.717, 1.165) is 30.0 Å². The summed E-state index contributed by atoms with van der Waals surface area (Å²) >= 11 is 6.18. The number of hydrogen-bond acceptors (Lipinski definition) is 3. The number of ether oxygens (including phenoxy) is 2. The predicted molar refractivity (Wildman–Crippen MR) is 100.0 cm³/mol. The highest BCUT2D eigenvalue weighted by molar-refractivity contribution is 6.31. The average Bonchev–Trinajstić information content (AvgIpc) is 2.60. The van der Waals surface area contributed by atoms with Gasteiger partial charge in [0.05, 0.1) is 6.61 Å². The molecule has 0 heterocycles. The first-order valence-corrected chi connectivity index (χ1v) is 8.87. The SMILES string of the molecule is CCOc1cc(CN[C@H](C)CC)ccc1OCc1ccccc1Cl. The lowest BCUT2D eigenvalue weighted by Gasteiger charge is -2.15. The highest BCUT2D eigenvalue weighted by Gasteiger charge is 2.09. The molecule has 2 aromatic rings. The summed E-state index contributed by atoms with van der Waals surface area (Å²) in [4.78, 5) is 0. The van der Waals surface area contributed by atoms with Crippen molar-refractivity contribution in [2.45, 2.75) is 46.4 Å². The molecule has 0 spiro atoms. The molecule has 0 unspecified atom stereocenters. The zero-order chi connectivity index (χ0) is 17.4. The van der Waals surface area contributed by atoms with Crippen molar-refractivity contribution >= 4 is 11.6 Å². The summed E-state index contributed by atoms with van der Waals surface area (Å²) in [5.74, 6) is 1.51. The zero-order valence-electron chi connectivity index (χ0n) is 14.6. The lowest BCUT2D eigenvalue weighted by Crippen LogP contribution is -2.24. The molecule has 0 aliphatic heterocycles. The van der Waals surface area contributed by atoms with Crippen LogP contribution in [0.25, 0.3) is 0 Å². The molecular formula is C20H26ClNO2. The van der Waals surface area contributed by atoms with Gasteiger partial charge < -0.3 is 14.8 Å². The van der Waals surface area contributed by atoms with Gasteiger partial charge >= 0.3 is 0 Å². The quantitative estimate of drug-likeness (QED) is 0.675. The molecule has 0 saturated heterocycles. The molecule has 0 aliphatic rings. The van der Waals surface area contributed by atoms with Gasteiger partial charge in [-0.3, -0.25) is 0 Å². The van der Waals surface area contributed by atoms with Gasteiger partial charge in [-0.15, -0.1) is 0 Å². The summed E-state index contributed by atoms with van der Waals surface area (Å²) in [5, 5.41) is 4.20. The van der Waals surface area contributed by atoms with Crippen LogP contribution in [0.1, 0.15) is 38.3 Å². The monoisotopic (exact) mass is 347 g/mol. The minimum atomic E-state index is 0.421. The van der Waals surface area contributed by atoms with Crippen molar-refractivity contribution in [2.75, 3.05) is 6.61 Å². The van der Waals surface area contributed by atoms with E-state index in [9.17, 15) is 0 Å². The minimum absolute atomic E-state index is 0.421. The standard InChI is InChI=1S/C20H26ClNO2/c1-4-15(3)22-13-16-10-11-19(20(12-16)23-5-2)24-14-17-8-6-7-9-18(17)21/h6-12,15,22H,4-5,13-14H2,1-3H3/t15-/m1/s1. The Kier molecular flexibility index (Phi) is 7.41. The topological polar surface area (TPSA) is 30.5 Å². The van der Waals surface area contributed by atoms with Gasteiger partial charge in [-0.05, 0) is 44.0 Å². The molecule has 0 bridgehead atoms. The van der Waals surface area contributed by atoms with Gasteiger partial charge in [-0.1, -0.05) is 42.8 Å². The Hall–Kier alpha value is -1.71. The molecule has 24 heavy (non-hydrogen) atoms. The van der Waals surface area contributed by atoms with Crippen LogP contribution in [0.2, 0.25) is 5.02 Å². The summed E-state index contributed by atoms with van der Waals surface area (Å²) in [6, 6.07) is 14.3. The second-order valence-electron chi connectivity index (χ2n) is 5.78. The third kappa shape index (κ3) is 5.43. The molecule has 0 aliphatic carbocycles. The second kappa shape index (κ2) is 9.55. The van der Waals surface area contributed by atoms with Gasteiger partial charge in [-0.2, -0.15) is 0 Å². The van der Waals surface area contributed by atoms with E-state index in [2.05, 4.69) is 25.2 Å². The average molecular weight is 348 g/mol. The molecule has 2 rings (SSSR count). The van der Waals surface area contributed by atoms with Crippen molar-refractivity contribution in [3.63, 3.8) is 0 Å². The van der Waals surface area contributed by atoms with Gasteiger partial charge in [-0.25, -0.2) is 0 Å². The van der Waals surface area contributed by atoms with Crippen LogP contribution in [0.4, 0.5) is 0 Å². The largest absolute Gasteiger partial charge is 0.490 e. The van der Waals surface area contributed by atoms with Crippen LogP contribution >= 0.6 is 11.6 Å². The first kappa shape index (κ1) is 18.6. The van der Waals surface area contributed by atoms with Crippen molar-refractivity contribution in [3.8, 4) is 11.5 Å². The van der Waals surface area contributed by atoms with Gasteiger partial charge in [0.25, 0.3) is 0 Å². The Balaban J connectivity index is 2.07. The number of benzene rings is 2. The third-order valence-electron chi connectivity index (χ3n) is 3.92. The van der Waals surface area contributed by atoms with E-state index in [0.29, 0.717) is 24.3 Å². The van der Waals surface area contributed by atoms with E-state index in [1.807, 2.05) is 43.3 Å². The maximum absolute atomic E-state index is 6.18. The molecule has 0 amide bonds. The van der Waals surface area contributed by atoms with Crippen LogP contribution in [0.3, 0.4) is 0 Å². The fourth-order valence-electron chi connectivity index (χ4n) is 2.26. The van der Waals surface area contributed by atoms with Crippen LogP contribution in [0.5, 0.6) is 11.5 Å². The molecular weight excluding hydrogens is 322 g/mol. The van der Waals surface area contributed by atoms with E-state index >= 15 is 0 Å². The van der Waals surface area contributed by atoms with Gasteiger partial charge in [0.1, 0.15) is 6.61 Å². The molecule has 0 radical (unpaired) electrons. The van der Waals surface area contributed by atoms with Crippen molar-refractivity contribution < 1.29 is 9.47 Å². The summed E-state index contributed by atoms with van der Waals surface area (Å²) in [5.41, 5.74) is 2.15. The Bertz CT molecular complexity index is 645. The summed E-state index contributed by atoms with van der Waals surface area (Å²) < 4.78 is 11.7. The van der Waals surface area contributed by atoms with E-state index in [1.165, 1.54) is 5.56 Å². The summed E-state index contributed by atoms with van der Waals surface area (Å²) in [6.45, 7) is 8.18. The van der Waals surface area contributed by atoms with Crippen LogP contribution in [-0.4, -0.2) is 12.6 Å². The Labute approximate surface area is 149 Å². The molecule has 3 nitrogen and oxygen atoms in total. The maximum atomic E-state index is 6.18. The lowest BCUT2D eigenvalue weighted by molar-refractivity contribution is 0.269. The minimum Gasteiger partial charge on any atom is -0.490 e. The third-order valence-corrected chi connectivity index (χ3v) is 4.28. The highest BCUT2D eigenvalue weighted by Crippen LogP contribution is 2.30. The van der Waals surface area contributed by atoms with Crippen molar-refractivity contribution in [1.82, 2.24) is 5.32 Å². The van der Waals surface area contributed by atoms with E-state index in [-0.39, 0.29) is 0 Å². The van der Waals surface area contributed by atoms with Crippen molar-refractivity contribution in [1.29, 1.82) is 0 Å². The summed E-state index contributed by atoms with van der Waals surface area (Å²) in [6.07, 6.45) is 1.11. The molecule has 4 heteroatoms. The fourth-order valence-corrected chi connectivity index (χ4v) is 2.45. The Morgan fingerprint density at radius 1 is 1.04 bits per heavy atom. The molecule has 1 atom stereocenters. The summed E-state index contributed by atoms with van der Waals surface area (Å²) in [7, 11) is 0. The smallest absolute Gasteiger partial charge is 0.161 e. The maximum Gasteiger partial charge on any atom is 0.161 e. The second-order valence-corrected chi connectivity index (χ2v) is 6.19. The van der Waals surface area contributed by atoms with Gasteiger partial charge in [0, 0.05) is 23.2 Å². The first-order valence-electron chi connectivity index (χ1n) is 8.49. The van der Waals surface area contributed by atoms with E-state index < -0.39 is 0 Å². The lowest BCUT2D eigenvalue weighted by atomic mass is 10.1. The van der Waals surface area contributed by atoms with Gasteiger partial charge in [0.2, 0.25) is 0 Å². The highest BCUT2D eigenvalue weighted by atomic mass is 35.5. The molecule has 0 saturated carbocycles. The fraction of sp³-hybridized carbons (Fsp3) is 0.400. The number of hydrogen-bond donors (Lipinski definition) is 1.